The van der Waals surface area contributed by atoms with Crippen LogP contribution in [-0.4, -0.2) is 23.5 Å². The molecule has 2 fully saturated rings. The Morgan fingerprint density at radius 1 is 1.23 bits per heavy atom. The molecule has 1 amide bonds. The first-order chi connectivity index (χ1) is 10.8. The summed E-state index contributed by atoms with van der Waals surface area (Å²) in [6.07, 6.45) is 3.92. The number of amides is 1. The number of pyridine rings is 1. The van der Waals surface area contributed by atoms with E-state index < -0.39 is 0 Å². The number of fused-ring (bicyclic) bond motifs is 1. The fourth-order valence-corrected chi connectivity index (χ4v) is 3.89. The monoisotopic (exact) mass is 294 g/mol. The van der Waals surface area contributed by atoms with Crippen molar-refractivity contribution in [2.24, 2.45) is 0 Å². The molecule has 2 aliphatic heterocycles. The van der Waals surface area contributed by atoms with Crippen LogP contribution in [0.5, 0.6) is 0 Å². The highest BCUT2D eigenvalue weighted by molar-refractivity contribution is 5.97. The molecule has 22 heavy (non-hydrogen) atoms. The molecule has 4 heteroatoms. The summed E-state index contributed by atoms with van der Waals surface area (Å²) < 4.78 is 0. The van der Waals surface area contributed by atoms with E-state index in [9.17, 15) is 4.79 Å². The highest BCUT2D eigenvalue weighted by Gasteiger charge is 2.53. The van der Waals surface area contributed by atoms with Crippen LogP contribution in [0.1, 0.15) is 30.1 Å². The smallest absolute Gasteiger partial charge is 0.291 e. The molecule has 1 aromatic carbocycles. The van der Waals surface area contributed by atoms with Crippen molar-refractivity contribution in [1.29, 1.82) is 0 Å². The molecular formula is C18H20N3O+. The minimum Gasteiger partial charge on any atom is -0.301 e. The minimum atomic E-state index is 0.0507. The van der Waals surface area contributed by atoms with Gasteiger partial charge in [-0.2, -0.15) is 0 Å². The minimum absolute atomic E-state index is 0.0507. The molecule has 0 saturated carbocycles. The van der Waals surface area contributed by atoms with E-state index in [-0.39, 0.29) is 18.1 Å². The average Bonchev–Trinajstić information content (AvgIpc) is 3.10. The molecule has 3 atom stereocenters. The van der Waals surface area contributed by atoms with E-state index in [2.05, 4.69) is 36.2 Å². The highest BCUT2D eigenvalue weighted by atomic mass is 16.2. The van der Waals surface area contributed by atoms with Gasteiger partial charge in [0, 0.05) is 24.6 Å². The summed E-state index contributed by atoms with van der Waals surface area (Å²) in [5.74, 6) is 0.985. The Hall–Kier alpha value is -2.20. The maximum atomic E-state index is 12.9. The van der Waals surface area contributed by atoms with E-state index in [1.807, 2.05) is 23.1 Å². The molecule has 0 radical (unpaired) electrons. The first-order valence-electron chi connectivity index (χ1n) is 7.92. The zero-order valence-electron chi connectivity index (χ0n) is 12.7. The van der Waals surface area contributed by atoms with Crippen molar-refractivity contribution in [3.63, 3.8) is 0 Å². The van der Waals surface area contributed by atoms with Gasteiger partial charge < -0.3 is 4.90 Å². The van der Waals surface area contributed by atoms with Crippen molar-refractivity contribution in [2.45, 2.75) is 32.0 Å². The number of hydrogen-bond acceptors (Lipinski definition) is 2. The van der Waals surface area contributed by atoms with Crippen molar-refractivity contribution in [2.75, 3.05) is 11.4 Å². The molecular weight excluding hydrogens is 274 g/mol. The van der Waals surface area contributed by atoms with Gasteiger partial charge in [0.2, 0.25) is 0 Å². The second kappa shape index (κ2) is 5.21. The van der Waals surface area contributed by atoms with Crippen LogP contribution in [0.4, 0.5) is 5.82 Å². The van der Waals surface area contributed by atoms with Crippen molar-refractivity contribution in [1.82, 2.24) is 4.98 Å². The Labute approximate surface area is 130 Å². The average molecular weight is 294 g/mol. The maximum Gasteiger partial charge on any atom is 0.291 e. The van der Waals surface area contributed by atoms with Crippen LogP contribution in [0.15, 0.2) is 48.7 Å². The highest BCUT2D eigenvalue weighted by Crippen LogP contribution is 2.29. The first kappa shape index (κ1) is 13.5. The number of carbonyl (C=O) groups excluding carboxylic acids is 1. The van der Waals surface area contributed by atoms with Gasteiger partial charge in [0.25, 0.3) is 5.91 Å². The summed E-state index contributed by atoms with van der Waals surface area (Å²) in [4.78, 5) is 20.6. The number of benzene rings is 1. The molecule has 4 rings (SSSR count). The zero-order chi connectivity index (χ0) is 15.1. The van der Waals surface area contributed by atoms with Gasteiger partial charge in [0.05, 0.1) is 6.54 Å². The number of anilines is 1. The molecule has 1 aromatic heterocycles. The van der Waals surface area contributed by atoms with Gasteiger partial charge in [-0.05, 0) is 25.1 Å². The second-order valence-electron chi connectivity index (χ2n) is 6.23. The van der Waals surface area contributed by atoms with Crippen LogP contribution in [0.3, 0.4) is 0 Å². The number of quaternary nitrogens is 1. The molecule has 1 N–H and O–H groups in total. The summed E-state index contributed by atoms with van der Waals surface area (Å²) in [5.41, 5.74) is 2.44. The van der Waals surface area contributed by atoms with E-state index >= 15 is 0 Å². The molecule has 2 saturated heterocycles. The number of aryl methyl sites for hydroxylation is 1. The SMILES string of the molecule is Cc1cccc(C2N(c3ccccn3)C(=O)C3CCC[NH+]32)c1. The summed E-state index contributed by atoms with van der Waals surface area (Å²) >= 11 is 0. The Bertz CT molecular complexity index is 700. The van der Waals surface area contributed by atoms with Gasteiger partial charge in [0.15, 0.2) is 12.2 Å². The van der Waals surface area contributed by atoms with Gasteiger partial charge in [-0.15, -0.1) is 0 Å². The van der Waals surface area contributed by atoms with E-state index in [0.717, 1.165) is 25.2 Å². The van der Waals surface area contributed by atoms with Crippen molar-refractivity contribution in [3.8, 4) is 0 Å². The van der Waals surface area contributed by atoms with Gasteiger partial charge >= 0.3 is 0 Å². The molecule has 4 nitrogen and oxygen atoms in total. The number of nitrogens with zero attached hydrogens (tertiary/aromatic N) is 2. The third-order valence-corrected chi connectivity index (χ3v) is 4.80. The maximum absolute atomic E-state index is 12.9. The molecule has 0 bridgehead atoms. The normalized spacial score (nSPS) is 27.2. The standard InChI is InChI=1S/C18H19N3O/c1-13-6-4-7-14(12-13)17-20-11-5-8-15(20)18(22)21(17)16-9-2-3-10-19-16/h2-4,6-7,9-10,12,15,17H,5,8,11H2,1H3/p+1. The lowest BCUT2D eigenvalue weighted by atomic mass is 10.1. The quantitative estimate of drug-likeness (QED) is 0.911. The Kier molecular flexibility index (Phi) is 3.19. The first-order valence-corrected chi connectivity index (χ1v) is 7.92. The van der Waals surface area contributed by atoms with E-state index in [4.69, 9.17) is 0 Å². The Morgan fingerprint density at radius 3 is 2.91 bits per heavy atom. The number of hydrogen-bond donors (Lipinski definition) is 1. The molecule has 112 valence electrons. The van der Waals surface area contributed by atoms with E-state index in [1.165, 1.54) is 16.0 Å². The third-order valence-electron chi connectivity index (χ3n) is 4.80. The number of nitrogens with one attached hydrogen (secondary N) is 1. The predicted octanol–water partition coefficient (Wildman–Crippen LogP) is 1.48. The predicted molar refractivity (Wildman–Crippen MR) is 84.5 cm³/mol. The van der Waals surface area contributed by atoms with Crippen LogP contribution < -0.4 is 9.80 Å². The summed E-state index contributed by atoms with van der Waals surface area (Å²) in [6, 6.07) is 14.4. The van der Waals surface area contributed by atoms with Crippen molar-refractivity contribution >= 4 is 11.7 Å². The molecule has 2 aliphatic rings. The van der Waals surface area contributed by atoms with Crippen LogP contribution in [0.2, 0.25) is 0 Å². The molecule has 3 heterocycles. The van der Waals surface area contributed by atoms with Gasteiger partial charge in [-0.25, -0.2) is 9.88 Å². The van der Waals surface area contributed by atoms with Crippen LogP contribution in [0.25, 0.3) is 0 Å². The molecule has 3 unspecified atom stereocenters. The summed E-state index contributed by atoms with van der Waals surface area (Å²) in [5, 5.41) is 0. The number of carbonyl (C=O) groups is 1. The van der Waals surface area contributed by atoms with Gasteiger partial charge in [-0.3, -0.25) is 4.79 Å². The fourth-order valence-electron chi connectivity index (χ4n) is 3.89. The zero-order valence-corrected chi connectivity index (χ0v) is 12.7. The molecule has 2 aromatic rings. The fraction of sp³-hybridized carbons (Fsp3) is 0.333. The van der Waals surface area contributed by atoms with Crippen LogP contribution in [0, 0.1) is 6.92 Å². The van der Waals surface area contributed by atoms with Crippen molar-refractivity contribution < 1.29 is 9.69 Å². The summed E-state index contributed by atoms with van der Waals surface area (Å²) in [6.45, 7) is 3.15. The Balaban J connectivity index is 1.82. The van der Waals surface area contributed by atoms with Gasteiger partial charge in [-0.1, -0.05) is 29.8 Å². The van der Waals surface area contributed by atoms with Gasteiger partial charge in [0.1, 0.15) is 5.82 Å². The third kappa shape index (κ3) is 2.03. The largest absolute Gasteiger partial charge is 0.301 e. The molecule has 0 spiro atoms. The lowest BCUT2D eigenvalue weighted by Gasteiger charge is -2.26. The molecule has 0 aliphatic carbocycles. The van der Waals surface area contributed by atoms with Crippen LogP contribution >= 0.6 is 0 Å². The lowest BCUT2D eigenvalue weighted by molar-refractivity contribution is -0.924. The second-order valence-corrected chi connectivity index (χ2v) is 6.23. The van der Waals surface area contributed by atoms with E-state index in [1.54, 1.807) is 6.20 Å². The number of rotatable bonds is 2. The van der Waals surface area contributed by atoms with Crippen molar-refractivity contribution in [3.05, 3.63) is 59.8 Å². The Morgan fingerprint density at radius 2 is 2.14 bits per heavy atom. The number of aromatic nitrogens is 1. The van der Waals surface area contributed by atoms with E-state index in [0.29, 0.717) is 0 Å². The lowest BCUT2D eigenvalue weighted by Crippen LogP contribution is -3.12. The summed E-state index contributed by atoms with van der Waals surface area (Å²) in [7, 11) is 0. The topological polar surface area (TPSA) is 37.6 Å². The van der Waals surface area contributed by atoms with Crippen LogP contribution in [-0.2, 0) is 4.79 Å².